The molecule has 1 aromatic heterocycles. The minimum atomic E-state index is -0.297. The molecule has 66 valence electrons. The van der Waals surface area contributed by atoms with Crippen molar-refractivity contribution in [2.75, 3.05) is 6.54 Å². The molecule has 1 N–H and O–H groups in total. The number of aryl methyl sites for hydroxylation is 1. The molecule has 1 amide bonds. The zero-order valence-electron chi connectivity index (χ0n) is 7.24. The molecule has 13 heavy (non-hydrogen) atoms. The van der Waals surface area contributed by atoms with Gasteiger partial charge in [0.1, 0.15) is 5.69 Å². The van der Waals surface area contributed by atoms with Gasteiger partial charge < -0.3 is 5.32 Å². The van der Waals surface area contributed by atoms with E-state index >= 15 is 0 Å². The standard InChI is InChI=1S/C9H9N3O/c1-3-4-11-9(13)8-6-10-5-7(2)12-8/h1,5-6H,4H2,2H3,(H,11,13). The Balaban J connectivity index is 2.72. The molecule has 0 bridgehead atoms. The number of hydrogen-bond donors (Lipinski definition) is 1. The maximum atomic E-state index is 11.2. The van der Waals surface area contributed by atoms with E-state index in [1.165, 1.54) is 6.20 Å². The molecule has 4 nitrogen and oxygen atoms in total. The topological polar surface area (TPSA) is 54.9 Å². The second-order valence-electron chi connectivity index (χ2n) is 2.43. The minimum Gasteiger partial charge on any atom is -0.340 e. The number of rotatable bonds is 2. The summed E-state index contributed by atoms with van der Waals surface area (Å²) in [5.74, 6) is 2.01. The molecule has 1 rings (SSSR count). The van der Waals surface area contributed by atoms with Crippen molar-refractivity contribution in [3.05, 3.63) is 23.8 Å². The van der Waals surface area contributed by atoms with Crippen LogP contribution in [0.1, 0.15) is 16.2 Å². The molecule has 0 fully saturated rings. The van der Waals surface area contributed by atoms with E-state index in [4.69, 9.17) is 6.42 Å². The lowest BCUT2D eigenvalue weighted by molar-refractivity contribution is 0.0953. The molecule has 0 saturated carbocycles. The molecule has 0 aliphatic carbocycles. The molecule has 0 atom stereocenters. The first kappa shape index (κ1) is 9.20. The Morgan fingerprint density at radius 3 is 3.08 bits per heavy atom. The van der Waals surface area contributed by atoms with Crippen LogP contribution in [0.5, 0.6) is 0 Å². The average Bonchev–Trinajstić information content (AvgIpc) is 2.14. The van der Waals surface area contributed by atoms with Crippen molar-refractivity contribution in [2.45, 2.75) is 6.92 Å². The number of carbonyl (C=O) groups is 1. The molecule has 0 aliphatic heterocycles. The molecule has 0 spiro atoms. The summed E-state index contributed by atoms with van der Waals surface area (Å²) < 4.78 is 0. The molecule has 1 aromatic rings. The highest BCUT2D eigenvalue weighted by Gasteiger charge is 2.05. The summed E-state index contributed by atoms with van der Waals surface area (Å²) in [6.45, 7) is 1.97. The third-order valence-corrected chi connectivity index (χ3v) is 1.34. The quantitative estimate of drug-likeness (QED) is 0.651. The van der Waals surface area contributed by atoms with Crippen molar-refractivity contribution in [2.24, 2.45) is 0 Å². The number of terminal acetylenes is 1. The number of nitrogens with one attached hydrogen (secondary N) is 1. The SMILES string of the molecule is C#CCNC(=O)c1cncc(C)n1. The van der Waals surface area contributed by atoms with E-state index in [-0.39, 0.29) is 18.1 Å². The van der Waals surface area contributed by atoms with E-state index in [1.807, 2.05) is 0 Å². The summed E-state index contributed by atoms with van der Waals surface area (Å²) in [4.78, 5) is 19.1. The normalized spacial score (nSPS) is 8.92. The first-order valence-corrected chi connectivity index (χ1v) is 3.74. The highest BCUT2D eigenvalue weighted by atomic mass is 16.1. The van der Waals surface area contributed by atoms with E-state index in [9.17, 15) is 4.79 Å². The zero-order chi connectivity index (χ0) is 9.68. The van der Waals surface area contributed by atoms with E-state index in [1.54, 1.807) is 13.1 Å². The summed E-state index contributed by atoms with van der Waals surface area (Å²) >= 11 is 0. The molecule has 0 aromatic carbocycles. The Hall–Kier alpha value is -1.89. The van der Waals surface area contributed by atoms with Gasteiger partial charge in [0, 0.05) is 6.20 Å². The fraction of sp³-hybridized carbons (Fsp3) is 0.222. The van der Waals surface area contributed by atoms with Gasteiger partial charge in [-0.15, -0.1) is 6.42 Å². The highest BCUT2D eigenvalue weighted by Crippen LogP contribution is 1.93. The number of carbonyl (C=O) groups excluding carboxylic acids is 1. The summed E-state index contributed by atoms with van der Waals surface area (Å²) in [7, 11) is 0. The number of aromatic nitrogens is 2. The summed E-state index contributed by atoms with van der Waals surface area (Å²) in [6.07, 6.45) is 7.97. The molecule has 0 radical (unpaired) electrons. The van der Waals surface area contributed by atoms with Crippen LogP contribution in [0.15, 0.2) is 12.4 Å². The van der Waals surface area contributed by atoms with Crippen molar-refractivity contribution >= 4 is 5.91 Å². The lowest BCUT2D eigenvalue weighted by Gasteiger charge is -2.00. The number of amides is 1. The van der Waals surface area contributed by atoms with Crippen LogP contribution in [0, 0.1) is 19.3 Å². The first-order valence-electron chi connectivity index (χ1n) is 3.74. The monoisotopic (exact) mass is 175 g/mol. The van der Waals surface area contributed by atoms with Crippen LogP contribution in [0.25, 0.3) is 0 Å². The second kappa shape index (κ2) is 4.21. The van der Waals surface area contributed by atoms with Gasteiger partial charge in [-0.1, -0.05) is 5.92 Å². The smallest absolute Gasteiger partial charge is 0.272 e. The Bertz CT molecular complexity index is 354. The van der Waals surface area contributed by atoms with Gasteiger partial charge in [-0.05, 0) is 6.92 Å². The van der Waals surface area contributed by atoms with Crippen LogP contribution in [0.2, 0.25) is 0 Å². The average molecular weight is 175 g/mol. The van der Waals surface area contributed by atoms with Gasteiger partial charge >= 0.3 is 0 Å². The number of nitrogens with zero attached hydrogens (tertiary/aromatic N) is 2. The van der Waals surface area contributed by atoms with Gasteiger partial charge in [-0.3, -0.25) is 9.78 Å². The maximum absolute atomic E-state index is 11.2. The fourth-order valence-corrected chi connectivity index (χ4v) is 0.795. The Labute approximate surface area is 76.4 Å². The van der Waals surface area contributed by atoms with Crippen LogP contribution in [-0.4, -0.2) is 22.4 Å². The van der Waals surface area contributed by atoms with Gasteiger partial charge in [-0.25, -0.2) is 4.98 Å². The molecular weight excluding hydrogens is 166 g/mol. The van der Waals surface area contributed by atoms with Crippen molar-refractivity contribution in [3.8, 4) is 12.3 Å². The van der Waals surface area contributed by atoms with Crippen molar-refractivity contribution < 1.29 is 4.79 Å². The zero-order valence-corrected chi connectivity index (χ0v) is 7.24. The minimum absolute atomic E-state index is 0.203. The maximum Gasteiger partial charge on any atom is 0.272 e. The van der Waals surface area contributed by atoms with Gasteiger partial charge in [-0.2, -0.15) is 0 Å². The molecule has 0 unspecified atom stereocenters. The molecule has 4 heteroatoms. The van der Waals surface area contributed by atoms with Gasteiger partial charge in [0.2, 0.25) is 0 Å². The van der Waals surface area contributed by atoms with Crippen LogP contribution >= 0.6 is 0 Å². The van der Waals surface area contributed by atoms with Crippen LogP contribution in [0.4, 0.5) is 0 Å². The second-order valence-corrected chi connectivity index (χ2v) is 2.43. The predicted molar refractivity (Wildman–Crippen MR) is 47.9 cm³/mol. The molecule has 0 saturated heterocycles. The lowest BCUT2D eigenvalue weighted by Crippen LogP contribution is -2.24. The van der Waals surface area contributed by atoms with Gasteiger partial charge in [0.05, 0.1) is 18.4 Å². The van der Waals surface area contributed by atoms with E-state index in [0.29, 0.717) is 5.69 Å². The van der Waals surface area contributed by atoms with Gasteiger partial charge in [0.15, 0.2) is 0 Å². The molecule has 0 aliphatic rings. The molecular formula is C9H9N3O. The first-order chi connectivity index (χ1) is 6.24. The predicted octanol–water partition coefficient (Wildman–Crippen LogP) is 0.148. The summed E-state index contributed by atoms with van der Waals surface area (Å²) in [5, 5.41) is 2.50. The highest BCUT2D eigenvalue weighted by molar-refractivity contribution is 5.92. The Kier molecular flexibility index (Phi) is 2.98. The lowest BCUT2D eigenvalue weighted by atomic mass is 10.4. The van der Waals surface area contributed by atoms with E-state index < -0.39 is 0 Å². The summed E-state index contributed by atoms with van der Waals surface area (Å²) in [5.41, 5.74) is 0.989. The van der Waals surface area contributed by atoms with Crippen molar-refractivity contribution in [1.82, 2.24) is 15.3 Å². The largest absolute Gasteiger partial charge is 0.340 e. The summed E-state index contributed by atoms with van der Waals surface area (Å²) in [6, 6.07) is 0. The van der Waals surface area contributed by atoms with E-state index in [0.717, 1.165) is 0 Å². The third kappa shape index (κ3) is 2.56. The van der Waals surface area contributed by atoms with Crippen molar-refractivity contribution in [3.63, 3.8) is 0 Å². The molecule has 1 heterocycles. The Morgan fingerprint density at radius 2 is 2.46 bits per heavy atom. The van der Waals surface area contributed by atoms with Crippen LogP contribution in [-0.2, 0) is 0 Å². The van der Waals surface area contributed by atoms with Crippen LogP contribution in [0.3, 0.4) is 0 Å². The van der Waals surface area contributed by atoms with Crippen molar-refractivity contribution in [1.29, 1.82) is 0 Å². The van der Waals surface area contributed by atoms with Crippen LogP contribution < -0.4 is 5.32 Å². The third-order valence-electron chi connectivity index (χ3n) is 1.34. The fourth-order valence-electron chi connectivity index (χ4n) is 0.795. The van der Waals surface area contributed by atoms with E-state index in [2.05, 4.69) is 21.2 Å². The number of hydrogen-bond acceptors (Lipinski definition) is 3. The van der Waals surface area contributed by atoms with Gasteiger partial charge in [0.25, 0.3) is 5.91 Å². The Morgan fingerprint density at radius 1 is 1.69 bits per heavy atom.